The molecule has 0 aliphatic heterocycles. The molecule has 0 saturated carbocycles. The molecule has 30 heavy (non-hydrogen) atoms. The third-order valence-electron chi connectivity index (χ3n) is 3.02. The maximum absolute atomic E-state index is 13.0. The van der Waals surface area contributed by atoms with E-state index in [1.54, 1.807) is 0 Å². The Balaban J connectivity index is 0. The van der Waals surface area contributed by atoms with Gasteiger partial charge >= 0.3 is 57.1 Å². The Morgan fingerprint density at radius 1 is 0.433 bits per heavy atom. The van der Waals surface area contributed by atoms with Crippen molar-refractivity contribution < 1.29 is 87.6 Å². The molecule has 22 heteroatoms. The van der Waals surface area contributed by atoms with Gasteiger partial charge in [0.2, 0.25) is 0 Å². The second-order valence-corrected chi connectivity index (χ2v) is 6.40. The number of hydrogen-bond acceptors (Lipinski definition) is 2. The van der Waals surface area contributed by atoms with Crippen molar-refractivity contribution >= 4 is 61.5 Å². The zero-order valence-corrected chi connectivity index (χ0v) is 17.0. The molecule has 0 aliphatic rings. The molecule has 0 aromatic rings. The molecule has 1 radical (unpaired) electrons. The minimum absolute atomic E-state index is 0. The molecule has 0 rings (SSSR count). The van der Waals surface area contributed by atoms with Crippen molar-refractivity contribution in [2.75, 3.05) is 0 Å². The summed E-state index contributed by atoms with van der Waals surface area (Å²) in [6, 6.07) is 0. The minimum atomic E-state index is -8.89. The molecule has 0 amide bonds. The first kappa shape index (κ1) is 32.5. The summed E-state index contributed by atoms with van der Waals surface area (Å²) in [6.07, 6.45) is -7.88. The van der Waals surface area contributed by atoms with Gasteiger partial charge in [0.1, 0.15) is 0 Å². The number of halogens is 17. The van der Waals surface area contributed by atoms with E-state index in [-0.39, 0.29) is 51.4 Å². The molecule has 0 saturated heterocycles. The van der Waals surface area contributed by atoms with Crippen LogP contribution in [0.3, 0.4) is 0 Å². The fourth-order valence-electron chi connectivity index (χ4n) is 1.31. The molecule has 177 valence electrons. The third kappa shape index (κ3) is 4.05. The van der Waals surface area contributed by atoms with Crippen LogP contribution in [0, 0.1) is 0 Å². The van der Waals surface area contributed by atoms with Crippen LogP contribution in [0.25, 0.3) is 0 Å². The first-order valence-corrected chi connectivity index (χ1v) is 7.12. The van der Waals surface area contributed by atoms with Crippen molar-refractivity contribution in [2.45, 2.75) is 47.0 Å². The fraction of sp³-hybridized carbons (Fsp3) is 1.00. The average Bonchev–Trinajstić information content (AvgIpc) is 2.43. The van der Waals surface area contributed by atoms with Crippen LogP contribution in [-0.2, 0) is 10.1 Å². The zero-order chi connectivity index (χ0) is 24.5. The van der Waals surface area contributed by atoms with Crippen molar-refractivity contribution in [3.05, 3.63) is 0 Å². The van der Waals surface area contributed by atoms with Crippen LogP contribution in [0.15, 0.2) is 0 Å². The summed E-state index contributed by atoms with van der Waals surface area (Å²) < 4.78 is 242. The molecule has 3 nitrogen and oxygen atoms in total. The molecular weight excluding hydrogens is 538 g/mol. The van der Waals surface area contributed by atoms with Crippen LogP contribution >= 0.6 is 0 Å². The summed E-state index contributed by atoms with van der Waals surface area (Å²) in [5, 5.41) is -7.84. The molecular formula is C8HF17KO3S. The second kappa shape index (κ2) is 7.99. The Morgan fingerprint density at radius 2 is 0.633 bits per heavy atom. The van der Waals surface area contributed by atoms with E-state index in [9.17, 15) is 83.1 Å². The van der Waals surface area contributed by atoms with Gasteiger partial charge in [0.05, 0.1) is 0 Å². The second-order valence-electron chi connectivity index (χ2n) is 4.94. The molecule has 1 N–H and O–H groups in total. The molecule has 0 bridgehead atoms. The standard InChI is InChI=1S/C8HF17O3S.K/c9-1(10,3(13,14)5(17,18)7(21,22)23)2(11,12)4(15,16)6(19,20)8(24,25)29(26,27)28;/h(H,26,27,28);. The SMILES string of the molecule is O=S(=O)(O)C(F)(F)C(F)(F)C(F)(F)C(F)(F)C(F)(F)C(F)(F)C(F)(F)C(F)(F)F.[K]. The Bertz CT molecular complexity index is 739. The molecule has 0 spiro atoms. The van der Waals surface area contributed by atoms with Gasteiger partial charge in [0.25, 0.3) is 0 Å². The van der Waals surface area contributed by atoms with Crippen molar-refractivity contribution in [3.8, 4) is 0 Å². The Morgan fingerprint density at radius 3 is 0.833 bits per heavy atom. The van der Waals surface area contributed by atoms with Gasteiger partial charge in [-0.1, -0.05) is 0 Å². The molecule has 0 atom stereocenters. The number of hydrogen-bond donors (Lipinski definition) is 1. The van der Waals surface area contributed by atoms with Crippen molar-refractivity contribution in [2.24, 2.45) is 0 Å². The smallest absolute Gasteiger partial charge is 0.281 e. The summed E-state index contributed by atoms with van der Waals surface area (Å²) in [7, 11) is -7.89. The zero-order valence-electron chi connectivity index (χ0n) is 13.1. The summed E-state index contributed by atoms with van der Waals surface area (Å²) in [4.78, 5) is 0. The van der Waals surface area contributed by atoms with Gasteiger partial charge in [0.15, 0.2) is 0 Å². The molecule has 0 aromatic carbocycles. The van der Waals surface area contributed by atoms with Crippen LogP contribution in [0.1, 0.15) is 0 Å². The van der Waals surface area contributed by atoms with Crippen molar-refractivity contribution in [3.63, 3.8) is 0 Å². The summed E-state index contributed by atoms with van der Waals surface area (Å²) in [6.45, 7) is 0. The van der Waals surface area contributed by atoms with Gasteiger partial charge in [-0.2, -0.15) is 83.1 Å². The number of alkyl halides is 17. The van der Waals surface area contributed by atoms with Crippen LogP contribution < -0.4 is 0 Å². The van der Waals surface area contributed by atoms with Crippen molar-refractivity contribution in [1.29, 1.82) is 0 Å². The van der Waals surface area contributed by atoms with Gasteiger partial charge in [-0.3, -0.25) is 4.55 Å². The van der Waals surface area contributed by atoms with E-state index in [1.165, 1.54) is 0 Å². The van der Waals surface area contributed by atoms with Gasteiger partial charge in [-0.05, 0) is 0 Å². The first-order valence-electron chi connectivity index (χ1n) is 5.68. The maximum Gasteiger partial charge on any atom is 0.460 e. The largest absolute Gasteiger partial charge is 0.460 e. The minimum Gasteiger partial charge on any atom is -0.281 e. The molecule has 0 aromatic heterocycles. The predicted molar refractivity (Wildman–Crippen MR) is 58.0 cm³/mol. The van der Waals surface area contributed by atoms with E-state index in [4.69, 9.17) is 4.55 Å². The predicted octanol–water partition coefficient (Wildman–Crippen LogP) is 4.46. The van der Waals surface area contributed by atoms with E-state index in [1.807, 2.05) is 0 Å². The first-order chi connectivity index (χ1) is 12.0. The normalized spacial score (nSPS) is 16.3. The Labute approximate surface area is 195 Å². The molecule has 0 aliphatic carbocycles. The van der Waals surface area contributed by atoms with Gasteiger partial charge in [-0.25, -0.2) is 0 Å². The van der Waals surface area contributed by atoms with E-state index in [0.717, 1.165) is 0 Å². The topological polar surface area (TPSA) is 54.4 Å². The van der Waals surface area contributed by atoms with E-state index in [2.05, 4.69) is 0 Å². The monoisotopic (exact) mass is 539 g/mol. The Hall–Kier alpha value is 0.356. The number of rotatable bonds is 7. The summed E-state index contributed by atoms with van der Waals surface area (Å²) >= 11 is 0. The molecule has 0 heterocycles. The maximum atomic E-state index is 13.0. The van der Waals surface area contributed by atoms with Crippen molar-refractivity contribution in [1.82, 2.24) is 0 Å². The van der Waals surface area contributed by atoms with Gasteiger partial charge < -0.3 is 0 Å². The van der Waals surface area contributed by atoms with Crippen LogP contribution in [0.4, 0.5) is 74.6 Å². The van der Waals surface area contributed by atoms with Crippen LogP contribution in [-0.4, -0.2) is 111 Å². The van der Waals surface area contributed by atoms with E-state index < -0.39 is 57.1 Å². The fourth-order valence-corrected chi connectivity index (χ4v) is 1.76. The molecule has 0 fully saturated rings. The molecule has 0 unspecified atom stereocenters. The van der Waals surface area contributed by atoms with E-state index >= 15 is 0 Å². The van der Waals surface area contributed by atoms with Gasteiger partial charge in [-0.15, -0.1) is 0 Å². The summed E-state index contributed by atoms with van der Waals surface area (Å²) in [5.41, 5.74) is 0. The van der Waals surface area contributed by atoms with Crippen LogP contribution in [0.5, 0.6) is 0 Å². The Kier molecular flexibility index (Phi) is 8.66. The van der Waals surface area contributed by atoms with Gasteiger partial charge in [0, 0.05) is 51.4 Å². The quantitative estimate of drug-likeness (QED) is 0.296. The van der Waals surface area contributed by atoms with E-state index in [0.29, 0.717) is 0 Å². The van der Waals surface area contributed by atoms with Crippen LogP contribution in [0.2, 0.25) is 0 Å². The average molecular weight is 539 g/mol. The summed E-state index contributed by atoms with van der Waals surface area (Å²) in [5.74, 6) is -52.0. The third-order valence-corrected chi connectivity index (χ3v) is 3.92.